The van der Waals surface area contributed by atoms with Crippen molar-refractivity contribution in [1.82, 2.24) is 4.68 Å². The van der Waals surface area contributed by atoms with Gasteiger partial charge in [0.15, 0.2) is 0 Å². The van der Waals surface area contributed by atoms with Gasteiger partial charge in [-0.2, -0.15) is 0 Å². The molecule has 0 fully saturated rings. The summed E-state index contributed by atoms with van der Waals surface area (Å²) in [7, 11) is 0. The van der Waals surface area contributed by atoms with Crippen LogP contribution in [0.4, 0.5) is 11.4 Å². The van der Waals surface area contributed by atoms with Gasteiger partial charge in [0.05, 0.1) is 16.2 Å². The Morgan fingerprint density at radius 3 is 2.33 bits per heavy atom. The minimum absolute atomic E-state index is 0.155. The number of para-hydroxylation sites is 1. The zero-order valence-electron chi connectivity index (χ0n) is 17.4. The molecule has 7 nitrogen and oxygen atoms in total. The van der Waals surface area contributed by atoms with Crippen LogP contribution in [-0.2, 0) is 9.59 Å². The predicted octanol–water partition coefficient (Wildman–Crippen LogP) is 5.33. The SMILES string of the molecule is Cc1ccc(NC(=O)c2cc3cc(Br)ccc3n2NC(=O)C(=O)Nc2ccccc2Cl)cc1. The molecule has 0 radical (unpaired) electrons. The van der Waals surface area contributed by atoms with Gasteiger partial charge in [-0.1, -0.05) is 57.4 Å². The van der Waals surface area contributed by atoms with Gasteiger partial charge in [0, 0.05) is 15.5 Å². The molecule has 166 valence electrons. The van der Waals surface area contributed by atoms with Crippen molar-refractivity contribution in [2.24, 2.45) is 0 Å². The third-order valence-electron chi connectivity index (χ3n) is 4.85. The molecule has 1 heterocycles. The van der Waals surface area contributed by atoms with Crippen molar-refractivity contribution in [2.45, 2.75) is 6.92 Å². The van der Waals surface area contributed by atoms with Crippen molar-refractivity contribution in [3.63, 3.8) is 0 Å². The molecule has 3 aromatic carbocycles. The van der Waals surface area contributed by atoms with E-state index >= 15 is 0 Å². The average molecular weight is 526 g/mol. The Kier molecular flexibility index (Phi) is 6.48. The first-order valence-corrected chi connectivity index (χ1v) is 11.0. The van der Waals surface area contributed by atoms with Crippen molar-refractivity contribution in [3.05, 3.63) is 93.5 Å². The molecule has 0 unspecified atom stereocenters. The van der Waals surface area contributed by atoms with Crippen molar-refractivity contribution >= 4 is 67.5 Å². The maximum Gasteiger partial charge on any atom is 0.328 e. The molecule has 0 bridgehead atoms. The molecule has 0 atom stereocenters. The first kappa shape index (κ1) is 22.6. The van der Waals surface area contributed by atoms with Gasteiger partial charge < -0.3 is 10.6 Å². The summed E-state index contributed by atoms with van der Waals surface area (Å²) in [5.41, 5.74) is 5.18. The normalized spacial score (nSPS) is 10.6. The number of rotatable bonds is 4. The molecule has 0 aliphatic rings. The number of nitrogens with one attached hydrogen (secondary N) is 3. The maximum absolute atomic E-state index is 13.0. The van der Waals surface area contributed by atoms with Crippen LogP contribution in [0.15, 0.2) is 77.3 Å². The molecule has 0 aliphatic heterocycles. The van der Waals surface area contributed by atoms with Crippen molar-refractivity contribution in [3.8, 4) is 0 Å². The van der Waals surface area contributed by atoms with Gasteiger partial charge in [-0.05, 0) is 55.5 Å². The van der Waals surface area contributed by atoms with E-state index < -0.39 is 17.7 Å². The van der Waals surface area contributed by atoms with E-state index in [-0.39, 0.29) is 5.69 Å². The zero-order chi connectivity index (χ0) is 23.5. The lowest BCUT2D eigenvalue weighted by Crippen LogP contribution is -2.36. The standard InChI is InChI=1S/C24H18BrClN4O3/c1-14-6-9-17(10-7-14)27-22(31)21-13-15-12-16(25)8-11-20(15)30(21)29-24(33)23(32)28-19-5-3-2-4-18(19)26/h2-13H,1H3,(H,27,31)(H,28,32)(H,29,33). The zero-order valence-corrected chi connectivity index (χ0v) is 19.7. The molecule has 3 amide bonds. The van der Waals surface area contributed by atoms with Gasteiger partial charge in [0.25, 0.3) is 5.91 Å². The monoisotopic (exact) mass is 524 g/mol. The first-order valence-electron chi connectivity index (χ1n) is 9.88. The summed E-state index contributed by atoms with van der Waals surface area (Å²) in [6.07, 6.45) is 0. The van der Waals surface area contributed by atoms with E-state index in [4.69, 9.17) is 11.6 Å². The topological polar surface area (TPSA) is 92.2 Å². The largest absolute Gasteiger partial charge is 0.328 e. The van der Waals surface area contributed by atoms with E-state index in [2.05, 4.69) is 32.0 Å². The van der Waals surface area contributed by atoms with Gasteiger partial charge >= 0.3 is 11.8 Å². The number of hydrogen-bond donors (Lipinski definition) is 3. The lowest BCUT2D eigenvalue weighted by molar-refractivity contribution is -0.133. The molecule has 9 heteroatoms. The van der Waals surface area contributed by atoms with E-state index in [9.17, 15) is 14.4 Å². The van der Waals surface area contributed by atoms with Crippen LogP contribution in [-0.4, -0.2) is 22.4 Å². The van der Waals surface area contributed by atoms with Crippen LogP contribution >= 0.6 is 27.5 Å². The molecule has 33 heavy (non-hydrogen) atoms. The highest BCUT2D eigenvalue weighted by atomic mass is 79.9. The van der Waals surface area contributed by atoms with Gasteiger partial charge in [-0.15, -0.1) is 0 Å². The third kappa shape index (κ3) is 5.08. The van der Waals surface area contributed by atoms with Crippen LogP contribution in [0, 0.1) is 6.92 Å². The van der Waals surface area contributed by atoms with E-state index in [0.717, 1.165) is 10.0 Å². The first-order chi connectivity index (χ1) is 15.8. The summed E-state index contributed by atoms with van der Waals surface area (Å²) in [6.45, 7) is 1.95. The average Bonchev–Trinajstić information content (AvgIpc) is 3.14. The fourth-order valence-electron chi connectivity index (χ4n) is 3.20. The molecular weight excluding hydrogens is 508 g/mol. The van der Waals surface area contributed by atoms with E-state index in [1.807, 2.05) is 25.1 Å². The van der Waals surface area contributed by atoms with Crippen LogP contribution in [0.3, 0.4) is 0 Å². The Morgan fingerprint density at radius 1 is 0.879 bits per heavy atom. The molecular formula is C24H18BrClN4O3. The van der Waals surface area contributed by atoms with Crippen molar-refractivity contribution < 1.29 is 14.4 Å². The lowest BCUT2D eigenvalue weighted by Gasteiger charge is -2.13. The van der Waals surface area contributed by atoms with Crippen molar-refractivity contribution in [2.75, 3.05) is 16.1 Å². The number of fused-ring (bicyclic) bond motifs is 1. The molecule has 0 spiro atoms. The molecule has 4 aromatic rings. The summed E-state index contributed by atoms with van der Waals surface area (Å²) >= 11 is 9.46. The highest BCUT2D eigenvalue weighted by Crippen LogP contribution is 2.24. The highest BCUT2D eigenvalue weighted by molar-refractivity contribution is 9.10. The fourth-order valence-corrected chi connectivity index (χ4v) is 3.76. The number of benzene rings is 3. The molecule has 0 saturated heterocycles. The molecule has 3 N–H and O–H groups in total. The number of aromatic nitrogens is 1. The summed E-state index contributed by atoms with van der Waals surface area (Å²) in [4.78, 5) is 38.2. The summed E-state index contributed by atoms with van der Waals surface area (Å²) in [6, 6.07) is 20.8. The minimum Gasteiger partial charge on any atom is -0.321 e. The third-order valence-corrected chi connectivity index (χ3v) is 5.67. The summed E-state index contributed by atoms with van der Waals surface area (Å²) in [5.74, 6) is -2.33. The maximum atomic E-state index is 13.0. The van der Waals surface area contributed by atoms with E-state index in [1.165, 1.54) is 4.68 Å². The molecule has 4 rings (SSSR count). The van der Waals surface area contributed by atoms with Crippen LogP contribution in [0.2, 0.25) is 5.02 Å². The molecule has 0 saturated carbocycles. The highest BCUT2D eigenvalue weighted by Gasteiger charge is 2.21. The second-order valence-corrected chi connectivity index (χ2v) is 8.59. The number of aryl methyl sites for hydroxylation is 1. The molecule has 1 aromatic heterocycles. The van der Waals surface area contributed by atoms with E-state index in [0.29, 0.717) is 27.3 Å². The second-order valence-electron chi connectivity index (χ2n) is 7.26. The minimum atomic E-state index is -0.959. The van der Waals surface area contributed by atoms with Crippen molar-refractivity contribution in [1.29, 1.82) is 0 Å². The van der Waals surface area contributed by atoms with Crippen LogP contribution in [0.25, 0.3) is 10.9 Å². The predicted molar refractivity (Wildman–Crippen MR) is 133 cm³/mol. The van der Waals surface area contributed by atoms with E-state index in [1.54, 1.807) is 54.6 Å². The number of amides is 3. The van der Waals surface area contributed by atoms with Gasteiger partial charge in [0.2, 0.25) is 0 Å². The Hall–Kier alpha value is -3.62. The van der Waals surface area contributed by atoms with Gasteiger partial charge in [-0.25, -0.2) is 4.68 Å². The number of carbonyl (C=O) groups excluding carboxylic acids is 3. The summed E-state index contributed by atoms with van der Waals surface area (Å²) < 4.78 is 2.10. The number of halogens is 2. The Bertz CT molecular complexity index is 1380. The smallest absolute Gasteiger partial charge is 0.321 e. The van der Waals surface area contributed by atoms with Crippen LogP contribution < -0.4 is 16.1 Å². The Balaban J connectivity index is 1.63. The number of nitrogens with zero attached hydrogens (tertiary/aromatic N) is 1. The molecule has 0 aliphatic carbocycles. The van der Waals surface area contributed by atoms with Gasteiger partial charge in [-0.3, -0.25) is 19.8 Å². The van der Waals surface area contributed by atoms with Crippen LogP contribution in [0.1, 0.15) is 16.1 Å². The Morgan fingerprint density at radius 2 is 1.61 bits per heavy atom. The second kappa shape index (κ2) is 9.48. The van der Waals surface area contributed by atoms with Gasteiger partial charge in [0.1, 0.15) is 5.69 Å². The fraction of sp³-hybridized carbons (Fsp3) is 0.0417. The number of carbonyl (C=O) groups is 3. The van der Waals surface area contributed by atoms with Crippen LogP contribution in [0.5, 0.6) is 0 Å². The summed E-state index contributed by atoms with van der Waals surface area (Å²) in [5, 5.41) is 6.28. The lowest BCUT2D eigenvalue weighted by atomic mass is 10.2. The number of anilines is 2. The Labute approximate surface area is 202 Å². The quantitative estimate of drug-likeness (QED) is 0.315. The number of hydrogen-bond acceptors (Lipinski definition) is 3.